The molecule has 1 aromatic rings. The summed E-state index contributed by atoms with van der Waals surface area (Å²) in [6.07, 6.45) is 2.21. The van der Waals surface area contributed by atoms with E-state index >= 15 is 0 Å². The fraction of sp³-hybridized carbons (Fsp3) is 0.750. The molecule has 0 spiro atoms. The molecule has 16 heavy (non-hydrogen) atoms. The first kappa shape index (κ1) is 13.7. The van der Waals surface area contributed by atoms with Crippen molar-refractivity contribution in [2.75, 3.05) is 18.4 Å². The molecule has 0 saturated heterocycles. The van der Waals surface area contributed by atoms with E-state index in [-0.39, 0.29) is 0 Å². The Kier molecular flexibility index (Phi) is 6.06. The van der Waals surface area contributed by atoms with E-state index in [0.717, 1.165) is 31.4 Å². The zero-order chi connectivity index (χ0) is 12.0. The monoisotopic (exact) mass is 287 g/mol. The molecule has 0 fully saturated rings. The van der Waals surface area contributed by atoms with E-state index in [1.165, 1.54) is 17.8 Å². The van der Waals surface area contributed by atoms with Crippen LogP contribution in [-0.2, 0) is 20.0 Å². The number of alkyl halides is 1. The minimum absolute atomic E-state index is 1.00. The lowest BCUT2D eigenvalue weighted by Gasteiger charge is -2.20. The Hall–Kier alpha value is -0.350. The third kappa shape index (κ3) is 3.91. The van der Waals surface area contributed by atoms with E-state index in [2.05, 4.69) is 45.8 Å². The molecule has 1 heterocycles. The molecular formula is C12H22BrN3. The van der Waals surface area contributed by atoms with Crippen molar-refractivity contribution < 1.29 is 0 Å². The van der Waals surface area contributed by atoms with Crippen LogP contribution >= 0.6 is 15.9 Å². The molecule has 0 radical (unpaired) electrons. The van der Waals surface area contributed by atoms with E-state index in [0.29, 0.717) is 0 Å². The zero-order valence-corrected chi connectivity index (χ0v) is 12.1. The van der Waals surface area contributed by atoms with E-state index in [1.807, 2.05) is 11.7 Å². The number of halogens is 1. The fourth-order valence-electron chi connectivity index (χ4n) is 1.83. The molecule has 0 atom stereocenters. The first-order valence-corrected chi connectivity index (χ1v) is 7.13. The Morgan fingerprint density at radius 1 is 1.38 bits per heavy atom. The SMILES string of the molecule is CCCN(CCBr)Cc1cc(CC)nn1C. The Labute approximate surface area is 107 Å². The summed E-state index contributed by atoms with van der Waals surface area (Å²) in [5.74, 6) is 0. The van der Waals surface area contributed by atoms with Crippen LogP contribution in [0.15, 0.2) is 6.07 Å². The van der Waals surface area contributed by atoms with Crippen LogP contribution in [0, 0.1) is 0 Å². The number of aryl methyl sites for hydroxylation is 2. The molecule has 0 amide bonds. The molecule has 0 aliphatic rings. The standard InChI is InChI=1S/C12H22BrN3/c1-4-7-16(8-6-13)10-12-9-11(5-2)14-15(12)3/h9H,4-8,10H2,1-3H3. The summed E-state index contributed by atoms with van der Waals surface area (Å²) >= 11 is 3.51. The van der Waals surface area contributed by atoms with Gasteiger partial charge in [0.2, 0.25) is 0 Å². The highest BCUT2D eigenvalue weighted by molar-refractivity contribution is 9.09. The van der Waals surface area contributed by atoms with Crippen LogP contribution in [0.5, 0.6) is 0 Å². The second-order valence-electron chi connectivity index (χ2n) is 4.07. The minimum atomic E-state index is 1.00. The van der Waals surface area contributed by atoms with Gasteiger partial charge in [-0.3, -0.25) is 9.58 Å². The normalized spacial score (nSPS) is 11.3. The Bertz CT molecular complexity index is 303. The quantitative estimate of drug-likeness (QED) is 0.719. The number of hydrogen-bond acceptors (Lipinski definition) is 2. The van der Waals surface area contributed by atoms with Crippen LogP contribution in [0.3, 0.4) is 0 Å². The minimum Gasteiger partial charge on any atom is -0.297 e. The van der Waals surface area contributed by atoms with Crippen molar-refractivity contribution in [2.45, 2.75) is 33.2 Å². The topological polar surface area (TPSA) is 21.1 Å². The molecule has 0 aromatic carbocycles. The molecule has 3 nitrogen and oxygen atoms in total. The smallest absolute Gasteiger partial charge is 0.0625 e. The maximum Gasteiger partial charge on any atom is 0.0625 e. The first-order chi connectivity index (χ1) is 7.71. The Balaban J connectivity index is 2.64. The van der Waals surface area contributed by atoms with Gasteiger partial charge in [-0.1, -0.05) is 29.8 Å². The fourth-order valence-corrected chi connectivity index (χ4v) is 2.33. The average Bonchev–Trinajstić information content (AvgIpc) is 2.60. The molecule has 0 saturated carbocycles. The van der Waals surface area contributed by atoms with Crippen LogP contribution < -0.4 is 0 Å². The molecular weight excluding hydrogens is 266 g/mol. The summed E-state index contributed by atoms with van der Waals surface area (Å²) in [7, 11) is 2.03. The van der Waals surface area contributed by atoms with Gasteiger partial charge in [0.05, 0.1) is 11.4 Å². The predicted molar refractivity (Wildman–Crippen MR) is 71.9 cm³/mol. The van der Waals surface area contributed by atoms with Crippen molar-refractivity contribution >= 4 is 15.9 Å². The summed E-state index contributed by atoms with van der Waals surface area (Å²) < 4.78 is 2.01. The van der Waals surface area contributed by atoms with Gasteiger partial charge in [0.25, 0.3) is 0 Å². The van der Waals surface area contributed by atoms with Gasteiger partial charge in [-0.05, 0) is 25.5 Å². The maximum absolute atomic E-state index is 4.48. The summed E-state index contributed by atoms with van der Waals surface area (Å²) in [4.78, 5) is 2.46. The second-order valence-corrected chi connectivity index (χ2v) is 4.86. The van der Waals surface area contributed by atoms with Crippen molar-refractivity contribution in [3.05, 3.63) is 17.5 Å². The third-order valence-electron chi connectivity index (χ3n) is 2.72. The molecule has 0 aliphatic carbocycles. The van der Waals surface area contributed by atoms with Crippen LogP contribution in [0.2, 0.25) is 0 Å². The van der Waals surface area contributed by atoms with Gasteiger partial charge in [0.1, 0.15) is 0 Å². The van der Waals surface area contributed by atoms with Crippen molar-refractivity contribution in [1.82, 2.24) is 14.7 Å². The van der Waals surface area contributed by atoms with E-state index in [1.54, 1.807) is 0 Å². The second kappa shape index (κ2) is 7.07. The number of hydrogen-bond donors (Lipinski definition) is 0. The molecule has 4 heteroatoms. The molecule has 0 aliphatic heterocycles. The Morgan fingerprint density at radius 2 is 2.12 bits per heavy atom. The van der Waals surface area contributed by atoms with Gasteiger partial charge in [-0.2, -0.15) is 5.10 Å². The van der Waals surface area contributed by atoms with Gasteiger partial charge in [-0.25, -0.2) is 0 Å². The van der Waals surface area contributed by atoms with Gasteiger partial charge in [-0.15, -0.1) is 0 Å². The summed E-state index contributed by atoms with van der Waals surface area (Å²) in [5, 5.41) is 5.51. The summed E-state index contributed by atoms with van der Waals surface area (Å²) in [5.41, 5.74) is 2.50. The zero-order valence-electron chi connectivity index (χ0n) is 10.5. The predicted octanol–water partition coefficient (Wildman–Crippen LogP) is 2.59. The third-order valence-corrected chi connectivity index (χ3v) is 3.07. The van der Waals surface area contributed by atoms with E-state index in [9.17, 15) is 0 Å². The van der Waals surface area contributed by atoms with Crippen molar-refractivity contribution in [1.29, 1.82) is 0 Å². The highest BCUT2D eigenvalue weighted by Gasteiger charge is 2.09. The van der Waals surface area contributed by atoms with Crippen LogP contribution in [0.1, 0.15) is 31.7 Å². The van der Waals surface area contributed by atoms with Crippen molar-refractivity contribution in [3.63, 3.8) is 0 Å². The lowest BCUT2D eigenvalue weighted by molar-refractivity contribution is 0.276. The van der Waals surface area contributed by atoms with Gasteiger partial charge in [0, 0.05) is 25.5 Å². The van der Waals surface area contributed by atoms with Crippen LogP contribution in [0.4, 0.5) is 0 Å². The van der Waals surface area contributed by atoms with Gasteiger partial charge >= 0.3 is 0 Å². The maximum atomic E-state index is 4.48. The summed E-state index contributed by atoms with van der Waals surface area (Å²) in [6.45, 7) is 7.62. The van der Waals surface area contributed by atoms with Crippen LogP contribution in [0.25, 0.3) is 0 Å². The average molecular weight is 288 g/mol. The molecule has 0 N–H and O–H groups in total. The van der Waals surface area contributed by atoms with Gasteiger partial charge < -0.3 is 0 Å². The molecule has 1 rings (SSSR count). The highest BCUT2D eigenvalue weighted by Crippen LogP contribution is 2.08. The highest BCUT2D eigenvalue weighted by atomic mass is 79.9. The number of nitrogens with zero attached hydrogens (tertiary/aromatic N) is 3. The lowest BCUT2D eigenvalue weighted by atomic mass is 10.3. The number of rotatable bonds is 7. The number of aromatic nitrogens is 2. The van der Waals surface area contributed by atoms with E-state index < -0.39 is 0 Å². The molecule has 92 valence electrons. The van der Waals surface area contributed by atoms with E-state index in [4.69, 9.17) is 0 Å². The van der Waals surface area contributed by atoms with Crippen molar-refractivity contribution in [3.8, 4) is 0 Å². The lowest BCUT2D eigenvalue weighted by Crippen LogP contribution is -2.27. The molecule has 0 bridgehead atoms. The molecule has 1 aromatic heterocycles. The van der Waals surface area contributed by atoms with Crippen molar-refractivity contribution in [2.24, 2.45) is 7.05 Å². The largest absolute Gasteiger partial charge is 0.297 e. The van der Waals surface area contributed by atoms with Crippen LogP contribution in [-0.4, -0.2) is 33.1 Å². The van der Waals surface area contributed by atoms with Gasteiger partial charge in [0.15, 0.2) is 0 Å². The molecule has 0 unspecified atom stereocenters. The summed E-state index contributed by atoms with van der Waals surface area (Å²) in [6, 6.07) is 2.22. The Morgan fingerprint density at radius 3 is 2.62 bits per heavy atom. The first-order valence-electron chi connectivity index (χ1n) is 6.01.